The van der Waals surface area contributed by atoms with E-state index in [4.69, 9.17) is 5.73 Å². The van der Waals surface area contributed by atoms with Crippen LogP contribution in [0.15, 0.2) is 0 Å². The van der Waals surface area contributed by atoms with Crippen molar-refractivity contribution >= 4 is 22.2 Å². The monoisotopic (exact) mass is 305 g/mol. The zero-order valence-corrected chi connectivity index (χ0v) is 13.6. The van der Waals surface area contributed by atoms with Crippen molar-refractivity contribution in [2.24, 2.45) is 17.6 Å². The maximum atomic E-state index is 12.1. The van der Waals surface area contributed by atoms with Crippen molar-refractivity contribution in [3.63, 3.8) is 0 Å². The number of hydrogen-bond acceptors (Lipinski definition) is 4. The lowest BCUT2D eigenvalue weighted by molar-refractivity contribution is -0.117. The van der Waals surface area contributed by atoms with Crippen molar-refractivity contribution in [1.82, 2.24) is 0 Å². The Hall–Kier alpha value is -1.38. The summed E-state index contributed by atoms with van der Waals surface area (Å²) < 4.78 is 0. The summed E-state index contributed by atoms with van der Waals surface area (Å²) in [5, 5.41) is 13.1. The molecule has 1 aliphatic rings. The van der Waals surface area contributed by atoms with Gasteiger partial charge in [-0.3, -0.25) is 4.79 Å². The minimum absolute atomic E-state index is 0.0320. The lowest BCUT2D eigenvalue weighted by Gasteiger charge is -2.17. The number of amides is 1. The number of nitrogens with one attached hydrogen (secondary N) is 1. The lowest BCUT2D eigenvalue weighted by Crippen LogP contribution is -2.21. The van der Waals surface area contributed by atoms with E-state index >= 15 is 0 Å². The van der Waals surface area contributed by atoms with E-state index < -0.39 is 0 Å². The van der Waals surface area contributed by atoms with Crippen LogP contribution in [0.4, 0.5) is 5.00 Å². The van der Waals surface area contributed by atoms with E-state index in [0.29, 0.717) is 24.4 Å². The third kappa shape index (κ3) is 3.63. The third-order valence-electron chi connectivity index (χ3n) is 4.26. The Morgan fingerprint density at radius 2 is 2.38 bits per heavy atom. The van der Waals surface area contributed by atoms with Gasteiger partial charge in [0, 0.05) is 11.3 Å². The molecular formula is C16H23N3OS. The number of anilines is 1. The Morgan fingerprint density at radius 1 is 1.62 bits per heavy atom. The highest BCUT2D eigenvalue weighted by Gasteiger charge is 2.24. The van der Waals surface area contributed by atoms with E-state index in [9.17, 15) is 10.1 Å². The van der Waals surface area contributed by atoms with Crippen molar-refractivity contribution < 1.29 is 4.79 Å². The average Bonchev–Trinajstić information content (AvgIpc) is 2.80. The molecule has 1 aromatic rings. The van der Waals surface area contributed by atoms with E-state index in [2.05, 4.69) is 18.3 Å². The van der Waals surface area contributed by atoms with E-state index in [-0.39, 0.29) is 11.8 Å². The quantitative estimate of drug-likeness (QED) is 0.877. The minimum Gasteiger partial charge on any atom is -0.330 e. The van der Waals surface area contributed by atoms with Gasteiger partial charge in [-0.05, 0) is 43.2 Å². The van der Waals surface area contributed by atoms with Crippen LogP contribution in [-0.4, -0.2) is 12.5 Å². The van der Waals surface area contributed by atoms with Gasteiger partial charge in [-0.1, -0.05) is 20.3 Å². The maximum absolute atomic E-state index is 12.1. The van der Waals surface area contributed by atoms with Crippen LogP contribution in [0.1, 0.15) is 49.1 Å². The number of nitrogens with two attached hydrogens (primary N) is 1. The fourth-order valence-corrected chi connectivity index (χ4v) is 4.17. The molecule has 0 aliphatic heterocycles. The number of thiophene rings is 1. The first kappa shape index (κ1) is 16.0. The van der Waals surface area contributed by atoms with Crippen molar-refractivity contribution in [3.05, 3.63) is 16.0 Å². The fourth-order valence-electron chi connectivity index (χ4n) is 2.79. The molecule has 4 nitrogen and oxygen atoms in total. The standard InChI is InChI=1S/C16H23N3OS/c1-3-11(8-17)7-15(20)19-16-13(9-18)12-5-4-10(2)6-14(12)21-16/h10-11H,3-8,17H2,1-2H3,(H,19,20). The van der Waals surface area contributed by atoms with Crippen molar-refractivity contribution in [2.75, 3.05) is 11.9 Å². The predicted octanol–water partition coefficient (Wildman–Crippen LogP) is 3.06. The Balaban J connectivity index is 2.14. The number of rotatable bonds is 5. The first-order valence-electron chi connectivity index (χ1n) is 7.63. The smallest absolute Gasteiger partial charge is 0.225 e. The molecule has 0 radical (unpaired) electrons. The molecule has 21 heavy (non-hydrogen) atoms. The SMILES string of the molecule is CCC(CN)CC(=O)Nc1sc2c(c1C#N)CCC(C)C2. The summed E-state index contributed by atoms with van der Waals surface area (Å²) >= 11 is 1.58. The largest absolute Gasteiger partial charge is 0.330 e. The molecule has 2 rings (SSSR count). The van der Waals surface area contributed by atoms with Crippen LogP contribution in [0, 0.1) is 23.2 Å². The molecule has 0 aromatic carbocycles. The van der Waals surface area contributed by atoms with Gasteiger partial charge in [0.05, 0.1) is 5.56 Å². The fraction of sp³-hybridized carbons (Fsp3) is 0.625. The summed E-state index contributed by atoms with van der Waals surface area (Å²) in [6.45, 7) is 4.80. The van der Waals surface area contributed by atoms with Gasteiger partial charge in [0.15, 0.2) is 0 Å². The lowest BCUT2D eigenvalue weighted by atomic mass is 9.88. The molecule has 1 heterocycles. The number of carbonyl (C=O) groups excluding carboxylic acids is 1. The maximum Gasteiger partial charge on any atom is 0.225 e. The molecule has 5 heteroatoms. The van der Waals surface area contributed by atoms with Crippen LogP contribution in [0.5, 0.6) is 0 Å². The summed E-state index contributed by atoms with van der Waals surface area (Å²) in [5.74, 6) is 0.841. The van der Waals surface area contributed by atoms with Gasteiger partial charge >= 0.3 is 0 Å². The topological polar surface area (TPSA) is 78.9 Å². The summed E-state index contributed by atoms with van der Waals surface area (Å²) in [7, 11) is 0. The number of carbonyl (C=O) groups is 1. The molecule has 0 bridgehead atoms. The summed E-state index contributed by atoms with van der Waals surface area (Å²) in [6, 6.07) is 2.28. The van der Waals surface area contributed by atoms with Crippen LogP contribution < -0.4 is 11.1 Å². The molecular weight excluding hydrogens is 282 g/mol. The van der Waals surface area contributed by atoms with Crippen molar-refractivity contribution in [2.45, 2.75) is 46.0 Å². The highest BCUT2D eigenvalue weighted by molar-refractivity contribution is 7.16. The van der Waals surface area contributed by atoms with Gasteiger partial charge in [-0.25, -0.2) is 0 Å². The summed E-state index contributed by atoms with van der Waals surface area (Å²) in [6.07, 6.45) is 4.41. The van der Waals surface area contributed by atoms with E-state index in [1.807, 2.05) is 6.92 Å². The van der Waals surface area contributed by atoms with Crippen LogP contribution in [0.2, 0.25) is 0 Å². The molecule has 1 amide bonds. The normalized spacial score (nSPS) is 18.7. The van der Waals surface area contributed by atoms with Gasteiger partial charge in [0.2, 0.25) is 5.91 Å². The Kier molecular flexibility index (Phi) is 5.38. The Bertz CT molecular complexity index is 555. The summed E-state index contributed by atoms with van der Waals surface area (Å²) in [4.78, 5) is 13.4. The second kappa shape index (κ2) is 7.06. The number of hydrogen-bond donors (Lipinski definition) is 2. The molecule has 3 N–H and O–H groups in total. The first-order chi connectivity index (χ1) is 10.1. The van der Waals surface area contributed by atoms with Gasteiger partial charge < -0.3 is 11.1 Å². The molecule has 2 atom stereocenters. The van der Waals surface area contributed by atoms with E-state index in [1.54, 1.807) is 11.3 Å². The predicted molar refractivity (Wildman–Crippen MR) is 86.3 cm³/mol. The number of nitrogens with zero attached hydrogens (tertiary/aromatic N) is 1. The van der Waals surface area contributed by atoms with Crippen LogP contribution in [-0.2, 0) is 17.6 Å². The van der Waals surface area contributed by atoms with Crippen LogP contribution >= 0.6 is 11.3 Å². The highest BCUT2D eigenvalue weighted by atomic mass is 32.1. The second-order valence-corrected chi connectivity index (χ2v) is 7.04. The summed E-state index contributed by atoms with van der Waals surface area (Å²) in [5.41, 5.74) is 7.48. The van der Waals surface area contributed by atoms with Gasteiger partial charge in [0.25, 0.3) is 0 Å². The molecule has 0 saturated carbocycles. The van der Waals surface area contributed by atoms with Gasteiger partial charge in [0.1, 0.15) is 11.1 Å². The first-order valence-corrected chi connectivity index (χ1v) is 8.45. The molecule has 1 aromatic heterocycles. The molecule has 2 unspecified atom stereocenters. The molecule has 114 valence electrons. The van der Waals surface area contributed by atoms with Crippen molar-refractivity contribution in [1.29, 1.82) is 5.26 Å². The number of fused-ring (bicyclic) bond motifs is 1. The second-order valence-electron chi connectivity index (χ2n) is 5.93. The van der Waals surface area contributed by atoms with E-state index in [0.717, 1.165) is 36.2 Å². The Labute approximate surface area is 130 Å². The van der Waals surface area contributed by atoms with E-state index in [1.165, 1.54) is 4.88 Å². The zero-order chi connectivity index (χ0) is 15.4. The zero-order valence-electron chi connectivity index (χ0n) is 12.7. The molecule has 0 saturated heterocycles. The molecule has 1 aliphatic carbocycles. The Morgan fingerprint density at radius 3 is 3.00 bits per heavy atom. The average molecular weight is 305 g/mol. The van der Waals surface area contributed by atoms with Crippen molar-refractivity contribution in [3.8, 4) is 6.07 Å². The van der Waals surface area contributed by atoms with Gasteiger partial charge in [-0.2, -0.15) is 5.26 Å². The highest BCUT2D eigenvalue weighted by Crippen LogP contribution is 2.39. The molecule has 0 spiro atoms. The third-order valence-corrected chi connectivity index (χ3v) is 5.43. The number of nitriles is 1. The van der Waals surface area contributed by atoms with Crippen LogP contribution in [0.3, 0.4) is 0 Å². The molecule has 0 fully saturated rings. The van der Waals surface area contributed by atoms with Gasteiger partial charge in [-0.15, -0.1) is 11.3 Å². The van der Waals surface area contributed by atoms with Crippen LogP contribution in [0.25, 0.3) is 0 Å². The minimum atomic E-state index is -0.0320.